The molecule has 2 aromatic carbocycles. The molecule has 0 aliphatic carbocycles. The first kappa shape index (κ1) is 14.0. The quantitative estimate of drug-likeness (QED) is 0.924. The molecule has 1 heterocycles. The molecule has 1 atom stereocenters. The summed E-state index contributed by atoms with van der Waals surface area (Å²) in [6.45, 7) is 3.85. The number of ether oxygens (including phenoxy) is 1. The van der Waals surface area contributed by atoms with Gasteiger partial charge in [0.05, 0.1) is 12.3 Å². The Morgan fingerprint density at radius 2 is 1.90 bits per heavy atom. The van der Waals surface area contributed by atoms with E-state index in [-0.39, 0.29) is 6.04 Å². The second kappa shape index (κ2) is 6.19. The minimum Gasteiger partial charge on any atom is -0.491 e. The number of anilines is 2. The van der Waals surface area contributed by atoms with Gasteiger partial charge in [-0.2, -0.15) is 0 Å². The second-order valence-corrected chi connectivity index (χ2v) is 5.43. The van der Waals surface area contributed by atoms with E-state index in [4.69, 9.17) is 10.5 Å². The summed E-state index contributed by atoms with van der Waals surface area (Å²) < 4.78 is 5.82. The Balaban J connectivity index is 1.93. The van der Waals surface area contributed by atoms with Crippen LogP contribution >= 0.6 is 0 Å². The molecule has 0 unspecified atom stereocenters. The fourth-order valence-corrected chi connectivity index (χ4v) is 2.73. The molecule has 3 rings (SSSR count). The molecular formula is C18H22N2O. The van der Waals surface area contributed by atoms with E-state index < -0.39 is 0 Å². The van der Waals surface area contributed by atoms with Gasteiger partial charge in [0, 0.05) is 18.3 Å². The van der Waals surface area contributed by atoms with Crippen molar-refractivity contribution in [2.75, 3.05) is 18.1 Å². The standard InChI is InChI=1S/C18H22N2O/c1-2-16(19)14-8-10-15(11-9-14)20-12-5-13-21-18-7-4-3-6-17(18)20/h3-4,6-11,16H,2,5,12-13,19H2,1H3/t16-/m1/s1. The van der Waals surface area contributed by atoms with Gasteiger partial charge in [-0.25, -0.2) is 0 Å². The number of hydrogen-bond donors (Lipinski definition) is 1. The van der Waals surface area contributed by atoms with Crippen LogP contribution in [0.1, 0.15) is 31.4 Å². The van der Waals surface area contributed by atoms with Crippen LogP contribution in [0.2, 0.25) is 0 Å². The molecule has 0 fully saturated rings. The van der Waals surface area contributed by atoms with Crippen LogP contribution in [0.3, 0.4) is 0 Å². The molecule has 0 saturated heterocycles. The fraction of sp³-hybridized carbons (Fsp3) is 0.333. The van der Waals surface area contributed by atoms with E-state index in [1.807, 2.05) is 12.1 Å². The third-order valence-electron chi connectivity index (χ3n) is 4.01. The van der Waals surface area contributed by atoms with E-state index in [2.05, 4.69) is 48.2 Å². The van der Waals surface area contributed by atoms with Gasteiger partial charge < -0.3 is 15.4 Å². The van der Waals surface area contributed by atoms with E-state index in [1.54, 1.807) is 0 Å². The molecule has 110 valence electrons. The maximum Gasteiger partial charge on any atom is 0.142 e. The predicted molar refractivity (Wildman–Crippen MR) is 87.2 cm³/mol. The highest BCUT2D eigenvalue weighted by molar-refractivity contribution is 5.69. The zero-order valence-electron chi connectivity index (χ0n) is 12.5. The van der Waals surface area contributed by atoms with E-state index in [1.165, 1.54) is 11.3 Å². The summed E-state index contributed by atoms with van der Waals surface area (Å²) in [6, 6.07) is 16.9. The second-order valence-electron chi connectivity index (χ2n) is 5.43. The van der Waals surface area contributed by atoms with Crippen LogP contribution in [-0.2, 0) is 0 Å². The van der Waals surface area contributed by atoms with Crippen LogP contribution in [0.4, 0.5) is 11.4 Å². The smallest absolute Gasteiger partial charge is 0.142 e. The van der Waals surface area contributed by atoms with Gasteiger partial charge in [-0.3, -0.25) is 0 Å². The molecule has 0 bridgehead atoms. The molecule has 3 nitrogen and oxygen atoms in total. The van der Waals surface area contributed by atoms with Gasteiger partial charge in [0.2, 0.25) is 0 Å². The largest absolute Gasteiger partial charge is 0.491 e. The monoisotopic (exact) mass is 282 g/mol. The van der Waals surface area contributed by atoms with E-state index in [0.29, 0.717) is 0 Å². The Morgan fingerprint density at radius 3 is 2.67 bits per heavy atom. The van der Waals surface area contributed by atoms with Crippen molar-refractivity contribution in [2.45, 2.75) is 25.8 Å². The molecule has 0 saturated carbocycles. The minimum atomic E-state index is 0.124. The van der Waals surface area contributed by atoms with Gasteiger partial charge in [-0.1, -0.05) is 31.2 Å². The maximum atomic E-state index is 6.09. The molecule has 0 aromatic heterocycles. The number of nitrogens with zero attached hydrogens (tertiary/aromatic N) is 1. The van der Waals surface area contributed by atoms with Crippen molar-refractivity contribution in [3.05, 3.63) is 54.1 Å². The summed E-state index contributed by atoms with van der Waals surface area (Å²) in [5, 5.41) is 0. The van der Waals surface area contributed by atoms with Crippen LogP contribution in [0.5, 0.6) is 5.75 Å². The lowest BCUT2D eigenvalue weighted by Crippen LogP contribution is -2.17. The van der Waals surface area contributed by atoms with E-state index in [9.17, 15) is 0 Å². The van der Waals surface area contributed by atoms with Gasteiger partial charge in [-0.05, 0) is 42.7 Å². The van der Waals surface area contributed by atoms with Gasteiger partial charge >= 0.3 is 0 Å². The Hall–Kier alpha value is -2.00. The lowest BCUT2D eigenvalue weighted by molar-refractivity contribution is 0.322. The average Bonchev–Trinajstić information content (AvgIpc) is 2.77. The van der Waals surface area contributed by atoms with Crippen LogP contribution in [-0.4, -0.2) is 13.2 Å². The lowest BCUT2D eigenvalue weighted by Gasteiger charge is -2.24. The van der Waals surface area contributed by atoms with E-state index >= 15 is 0 Å². The third-order valence-corrected chi connectivity index (χ3v) is 4.01. The topological polar surface area (TPSA) is 38.5 Å². The van der Waals surface area contributed by atoms with Gasteiger partial charge in [0.1, 0.15) is 5.75 Å². The number of nitrogens with two attached hydrogens (primary N) is 1. The van der Waals surface area contributed by atoms with Gasteiger partial charge in [0.15, 0.2) is 0 Å². The first-order valence-electron chi connectivity index (χ1n) is 7.64. The number of benzene rings is 2. The van der Waals surface area contributed by atoms with Crippen LogP contribution < -0.4 is 15.4 Å². The first-order chi connectivity index (χ1) is 10.3. The highest BCUT2D eigenvalue weighted by atomic mass is 16.5. The first-order valence-corrected chi connectivity index (χ1v) is 7.64. The molecule has 0 amide bonds. The number of fused-ring (bicyclic) bond motifs is 1. The highest BCUT2D eigenvalue weighted by Crippen LogP contribution is 2.36. The molecule has 3 heteroatoms. The maximum absolute atomic E-state index is 6.09. The summed E-state index contributed by atoms with van der Waals surface area (Å²) in [7, 11) is 0. The van der Waals surface area contributed by atoms with Crippen molar-refractivity contribution in [1.29, 1.82) is 0 Å². The summed E-state index contributed by atoms with van der Waals surface area (Å²) in [5.41, 5.74) is 9.62. The fourth-order valence-electron chi connectivity index (χ4n) is 2.73. The van der Waals surface area contributed by atoms with Crippen LogP contribution in [0, 0.1) is 0 Å². The normalized spacial score (nSPS) is 15.8. The SMILES string of the molecule is CC[C@@H](N)c1ccc(N2CCCOc3ccccc32)cc1. The molecule has 1 aliphatic heterocycles. The molecule has 0 radical (unpaired) electrons. The third kappa shape index (κ3) is 2.88. The Bertz CT molecular complexity index is 594. The molecule has 21 heavy (non-hydrogen) atoms. The van der Waals surface area contributed by atoms with Crippen molar-refractivity contribution < 1.29 is 4.74 Å². The molecule has 2 N–H and O–H groups in total. The predicted octanol–water partition coefficient (Wildman–Crippen LogP) is 4.02. The number of para-hydroxylation sites is 2. The van der Waals surface area contributed by atoms with E-state index in [0.717, 1.165) is 37.4 Å². The summed E-state index contributed by atoms with van der Waals surface area (Å²) >= 11 is 0. The van der Waals surface area contributed by atoms with Gasteiger partial charge in [-0.15, -0.1) is 0 Å². The lowest BCUT2D eigenvalue weighted by atomic mass is 10.0. The van der Waals surface area contributed by atoms with Gasteiger partial charge in [0.25, 0.3) is 0 Å². The molecule has 0 spiro atoms. The van der Waals surface area contributed by atoms with Crippen molar-refractivity contribution >= 4 is 11.4 Å². The molecule has 2 aromatic rings. The number of rotatable bonds is 3. The minimum absolute atomic E-state index is 0.124. The molecular weight excluding hydrogens is 260 g/mol. The zero-order valence-corrected chi connectivity index (χ0v) is 12.5. The average molecular weight is 282 g/mol. The van der Waals surface area contributed by atoms with Crippen molar-refractivity contribution in [2.24, 2.45) is 5.73 Å². The summed E-state index contributed by atoms with van der Waals surface area (Å²) in [5.74, 6) is 0.962. The Morgan fingerprint density at radius 1 is 1.14 bits per heavy atom. The van der Waals surface area contributed by atoms with Crippen LogP contribution in [0.15, 0.2) is 48.5 Å². The summed E-state index contributed by atoms with van der Waals surface area (Å²) in [4.78, 5) is 2.32. The van der Waals surface area contributed by atoms with Crippen molar-refractivity contribution in [3.63, 3.8) is 0 Å². The highest BCUT2D eigenvalue weighted by Gasteiger charge is 2.17. The molecule has 1 aliphatic rings. The Labute approximate surface area is 126 Å². The van der Waals surface area contributed by atoms with Crippen LogP contribution in [0.25, 0.3) is 0 Å². The Kier molecular flexibility index (Phi) is 4.11. The van der Waals surface area contributed by atoms with Crippen molar-refractivity contribution in [3.8, 4) is 5.75 Å². The number of hydrogen-bond acceptors (Lipinski definition) is 3. The summed E-state index contributed by atoms with van der Waals surface area (Å²) in [6.07, 6.45) is 1.98. The van der Waals surface area contributed by atoms with Crippen molar-refractivity contribution in [1.82, 2.24) is 0 Å². The zero-order chi connectivity index (χ0) is 14.7.